The highest BCUT2D eigenvalue weighted by Crippen LogP contribution is 2.21. The average Bonchev–Trinajstić information content (AvgIpc) is 2.37. The molecule has 0 aliphatic heterocycles. The molecule has 0 amide bonds. The molecule has 19 heavy (non-hydrogen) atoms. The molecule has 0 fully saturated rings. The number of aromatic nitrogens is 3. The van der Waals surface area contributed by atoms with Gasteiger partial charge in [0.05, 0.1) is 14.2 Å². The van der Waals surface area contributed by atoms with Gasteiger partial charge in [0.25, 0.3) is 0 Å². The third-order valence-electron chi connectivity index (χ3n) is 2.54. The Morgan fingerprint density at radius 2 is 2.05 bits per heavy atom. The summed E-state index contributed by atoms with van der Waals surface area (Å²) in [5, 5.41) is 2.91. The van der Waals surface area contributed by atoms with Gasteiger partial charge in [-0.05, 0) is 24.9 Å². The number of hydrogen-bond donors (Lipinski definition) is 1. The molecule has 0 saturated carbocycles. The van der Waals surface area contributed by atoms with Crippen molar-refractivity contribution < 1.29 is 14.3 Å². The molecule has 1 N–H and O–H groups in total. The molecule has 7 nitrogen and oxygen atoms in total. The number of nitrogens with one attached hydrogen (secondary N) is 1. The van der Waals surface area contributed by atoms with E-state index in [1.807, 2.05) is 6.92 Å². The molecule has 0 bridgehead atoms. The zero-order valence-electron chi connectivity index (χ0n) is 11.4. The predicted molar refractivity (Wildman–Crippen MR) is 70.3 cm³/mol. The molecule has 1 atom stereocenters. The van der Waals surface area contributed by atoms with Gasteiger partial charge in [0.15, 0.2) is 0 Å². The second kappa shape index (κ2) is 6.51. The number of anilines is 1. The minimum Gasteiger partial charge on any atom is -0.467 e. The van der Waals surface area contributed by atoms with Crippen LogP contribution in [-0.2, 0) is 9.53 Å². The molecule has 1 rings (SSSR count). The van der Waals surface area contributed by atoms with Crippen LogP contribution in [0.5, 0.6) is 6.01 Å². The van der Waals surface area contributed by atoms with E-state index in [2.05, 4.69) is 20.3 Å². The summed E-state index contributed by atoms with van der Waals surface area (Å²) in [5.41, 5.74) is -0.931. The van der Waals surface area contributed by atoms with Crippen LogP contribution in [0.3, 0.4) is 0 Å². The molecule has 0 aliphatic carbocycles. The van der Waals surface area contributed by atoms with Crippen molar-refractivity contribution in [2.75, 3.05) is 19.5 Å². The maximum Gasteiger partial charge on any atom is 0.331 e. The molecule has 0 radical (unpaired) electrons. The molecule has 0 saturated heterocycles. The molecule has 1 heterocycles. The minimum absolute atomic E-state index is 0.0157. The summed E-state index contributed by atoms with van der Waals surface area (Å²) in [4.78, 5) is 23.5. The van der Waals surface area contributed by atoms with E-state index in [0.29, 0.717) is 6.42 Å². The van der Waals surface area contributed by atoms with Crippen LogP contribution >= 0.6 is 11.6 Å². The van der Waals surface area contributed by atoms with Gasteiger partial charge in [-0.25, -0.2) is 4.79 Å². The van der Waals surface area contributed by atoms with E-state index in [4.69, 9.17) is 21.1 Å². The Morgan fingerprint density at radius 1 is 1.37 bits per heavy atom. The summed E-state index contributed by atoms with van der Waals surface area (Å²) in [7, 11) is 2.75. The molecule has 1 unspecified atom stereocenters. The lowest BCUT2D eigenvalue weighted by Gasteiger charge is -2.27. The fraction of sp³-hybridized carbons (Fsp3) is 0.636. The van der Waals surface area contributed by atoms with Gasteiger partial charge in [-0.1, -0.05) is 13.3 Å². The maximum atomic E-state index is 11.8. The number of carbonyl (C=O) groups is 1. The largest absolute Gasteiger partial charge is 0.467 e. The molecule has 8 heteroatoms. The van der Waals surface area contributed by atoms with E-state index in [-0.39, 0.29) is 17.2 Å². The van der Waals surface area contributed by atoms with Gasteiger partial charge in [-0.15, -0.1) is 0 Å². The first kappa shape index (κ1) is 15.4. The molecular formula is C11H17ClN4O3. The lowest BCUT2D eigenvalue weighted by atomic mass is 9.96. The predicted octanol–water partition coefficient (Wildman–Crippen LogP) is 1.68. The highest BCUT2D eigenvalue weighted by Gasteiger charge is 2.34. The van der Waals surface area contributed by atoms with Crippen LogP contribution in [0.15, 0.2) is 0 Å². The fourth-order valence-corrected chi connectivity index (χ4v) is 1.82. The summed E-state index contributed by atoms with van der Waals surface area (Å²) >= 11 is 5.75. The van der Waals surface area contributed by atoms with E-state index in [0.717, 1.165) is 6.42 Å². The third-order valence-corrected chi connectivity index (χ3v) is 2.71. The van der Waals surface area contributed by atoms with Crippen LogP contribution in [0.4, 0.5) is 5.95 Å². The molecule has 0 aliphatic rings. The summed E-state index contributed by atoms with van der Waals surface area (Å²) in [6.07, 6.45) is 1.35. The molecule has 0 spiro atoms. The maximum absolute atomic E-state index is 11.8. The number of ether oxygens (including phenoxy) is 2. The van der Waals surface area contributed by atoms with Crippen molar-refractivity contribution in [1.29, 1.82) is 0 Å². The molecule has 106 valence electrons. The number of halogens is 1. The summed E-state index contributed by atoms with van der Waals surface area (Å²) in [6, 6.07) is 0.0752. The van der Waals surface area contributed by atoms with Crippen LogP contribution in [-0.4, -0.2) is 40.7 Å². The molecule has 1 aromatic rings. The first-order valence-corrected chi connectivity index (χ1v) is 6.15. The lowest BCUT2D eigenvalue weighted by molar-refractivity contribution is -0.145. The molecule has 1 aromatic heterocycles. The lowest BCUT2D eigenvalue weighted by Crippen LogP contribution is -2.44. The van der Waals surface area contributed by atoms with Crippen molar-refractivity contribution in [3.05, 3.63) is 5.28 Å². The summed E-state index contributed by atoms with van der Waals surface area (Å²) in [5.74, 6) is -0.233. The first-order valence-electron chi connectivity index (χ1n) is 5.77. The van der Waals surface area contributed by atoms with E-state index >= 15 is 0 Å². The number of hydrogen-bond acceptors (Lipinski definition) is 7. The van der Waals surface area contributed by atoms with Crippen molar-refractivity contribution in [3.63, 3.8) is 0 Å². The van der Waals surface area contributed by atoms with Crippen molar-refractivity contribution in [2.45, 2.75) is 32.2 Å². The van der Waals surface area contributed by atoms with E-state index < -0.39 is 11.5 Å². The number of esters is 1. The molecular weight excluding hydrogens is 272 g/mol. The SMILES string of the molecule is CCCC(C)(Nc1nc(Cl)nc(OC)n1)C(=O)OC. The van der Waals surface area contributed by atoms with Gasteiger partial charge in [0.2, 0.25) is 11.2 Å². The number of methoxy groups -OCH3 is 2. The van der Waals surface area contributed by atoms with Gasteiger partial charge in [0.1, 0.15) is 5.54 Å². The van der Waals surface area contributed by atoms with E-state index in [9.17, 15) is 4.79 Å². The van der Waals surface area contributed by atoms with Crippen LogP contribution in [0.25, 0.3) is 0 Å². The first-order chi connectivity index (χ1) is 8.95. The zero-order chi connectivity index (χ0) is 14.5. The van der Waals surface area contributed by atoms with Crippen LogP contribution < -0.4 is 10.1 Å². The Labute approximate surface area is 116 Å². The standard InChI is InChI=1S/C11H17ClN4O3/c1-5-6-11(2,7(17)18-3)16-9-13-8(12)14-10(15-9)19-4/h5-6H2,1-4H3,(H,13,14,15,16). The Balaban J connectivity index is 3.02. The number of rotatable bonds is 6. The highest BCUT2D eigenvalue weighted by molar-refractivity contribution is 6.28. The fourth-order valence-electron chi connectivity index (χ4n) is 1.67. The van der Waals surface area contributed by atoms with Gasteiger partial charge in [0, 0.05) is 0 Å². The monoisotopic (exact) mass is 288 g/mol. The van der Waals surface area contributed by atoms with Gasteiger partial charge in [-0.3, -0.25) is 0 Å². The Bertz CT molecular complexity index is 458. The quantitative estimate of drug-likeness (QED) is 0.797. The van der Waals surface area contributed by atoms with Crippen LogP contribution in [0, 0.1) is 0 Å². The number of nitrogens with zero attached hydrogens (tertiary/aromatic N) is 3. The third kappa shape index (κ3) is 3.92. The molecule has 0 aromatic carbocycles. The normalized spacial score (nSPS) is 13.5. The second-order valence-corrected chi connectivity index (χ2v) is 4.45. The Kier molecular flexibility index (Phi) is 5.29. The van der Waals surface area contributed by atoms with Gasteiger partial charge < -0.3 is 14.8 Å². The second-order valence-electron chi connectivity index (χ2n) is 4.11. The highest BCUT2D eigenvalue weighted by atomic mass is 35.5. The minimum atomic E-state index is -0.931. The van der Waals surface area contributed by atoms with Gasteiger partial charge >= 0.3 is 12.0 Å². The smallest absolute Gasteiger partial charge is 0.331 e. The summed E-state index contributed by atoms with van der Waals surface area (Å²) in [6.45, 7) is 3.68. The van der Waals surface area contributed by atoms with Crippen molar-refractivity contribution >= 4 is 23.5 Å². The van der Waals surface area contributed by atoms with Crippen molar-refractivity contribution in [2.24, 2.45) is 0 Å². The van der Waals surface area contributed by atoms with E-state index in [1.165, 1.54) is 14.2 Å². The van der Waals surface area contributed by atoms with Crippen molar-refractivity contribution in [1.82, 2.24) is 15.0 Å². The summed E-state index contributed by atoms with van der Waals surface area (Å²) < 4.78 is 9.68. The van der Waals surface area contributed by atoms with Crippen molar-refractivity contribution in [3.8, 4) is 6.01 Å². The number of carbonyl (C=O) groups excluding carboxylic acids is 1. The van der Waals surface area contributed by atoms with Gasteiger partial charge in [-0.2, -0.15) is 15.0 Å². The average molecular weight is 289 g/mol. The van der Waals surface area contributed by atoms with Crippen LogP contribution in [0.1, 0.15) is 26.7 Å². The Hall–Kier alpha value is -1.63. The zero-order valence-corrected chi connectivity index (χ0v) is 12.1. The Morgan fingerprint density at radius 3 is 2.58 bits per heavy atom. The topological polar surface area (TPSA) is 86.2 Å². The van der Waals surface area contributed by atoms with E-state index in [1.54, 1.807) is 6.92 Å². The van der Waals surface area contributed by atoms with Crippen LogP contribution in [0.2, 0.25) is 5.28 Å².